The van der Waals surface area contributed by atoms with Crippen molar-refractivity contribution in [3.05, 3.63) is 12.2 Å². The van der Waals surface area contributed by atoms with Gasteiger partial charge in [0.15, 0.2) is 5.82 Å². The van der Waals surface area contributed by atoms with Crippen molar-refractivity contribution in [2.45, 2.75) is 50.4 Å². The average molecular weight is 208 g/mol. The lowest BCUT2D eigenvalue weighted by atomic mass is 9.98. The van der Waals surface area contributed by atoms with Gasteiger partial charge in [0.05, 0.1) is 6.54 Å². The molecule has 3 rings (SSSR count). The van der Waals surface area contributed by atoms with Crippen LogP contribution in [0.5, 0.6) is 0 Å². The van der Waals surface area contributed by atoms with E-state index in [1.165, 1.54) is 19.2 Å². The number of piperidine rings is 1. The first kappa shape index (κ1) is 9.30. The molecule has 5 nitrogen and oxygen atoms in total. The predicted octanol–water partition coefficient (Wildman–Crippen LogP) is 0.524. The first-order valence-electron chi connectivity index (χ1n) is 5.59. The predicted molar refractivity (Wildman–Crippen MR) is 53.9 cm³/mol. The second-order valence-corrected chi connectivity index (χ2v) is 4.64. The van der Waals surface area contributed by atoms with Crippen molar-refractivity contribution in [1.29, 1.82) is 0 Å². The van der Waals surface area contributed by atoms with Crippen molar-refractivity contribution in [1.82, 2.24) is 15.0 Å². The van der Waals surface area contributed by atoms with Gasteiger partial charge in [-0.15, -0.1) is 0 Å². The van der Waals surface area contributed by atoms with Crippen LogP contribution in [0.25, 0.3) is 0 Å². The minimum atomic E-state index is 0.393. The van der Waals surface area contributed by atoms with E-state index in [2.05, 4.69) is 15.0 Å². The second-order valence-electron chi connectivity index (χ2n) is 4.64. The van der Waals surface area contributed by atoms with Crippen LogP contribution in [0, 0.1) is 0 Å². The molecule has 0 aliphatic carbocycles. The molecule has 0 saturated carbocycles. The zero-order valence-corrected chi connectivity index (χ0v) is 8.67. The van der Waals surface area contributed by atoms with E-state index in [9.17, 15) is 0 Å². The molecule has 15 heavy (non-hydrogen) atoms. The van der Waals surface area contributed by atoms with E-state index in [0.717, 1.165) is 25.2 Å². The molecule has 82 valence electrons. The number of hydrogen-bond donors (Lipinski definition) is 1. The Bertz CT molecular complexity index is 312. The topological polar surface area (TPSA) is 68.2 Å². The Labute approximate surface area is 88.6 Å². The van der Waals surface area contributed by atoms with E-state index >= 15 is 0 Å². The summed E-state index contributed by atoms with van der Waals surface area (Å²) in [5.41, 5.74) is 6.01. The summed E-state index contributed by atoms with van der Waals surface area (Å²) in [6.45, 7) is 0.818. The van der Waals surface area contributed by atoms with Gasteiger partial charge >= 0.3 is 0 Å². The molecule has 0 amide bonds. The SMILES string of the molecule is NC1CC2CCC(C1)N2Cc1ncon1. The molecule has 1 aromatic heterocycles. The highest BCUT2D eigenvalue weighted by Gasteiger charge is 2.39. The largest absolute Gasteiger partial charge is 0.343 e. The molecule has 1 aromatic rings. The standard InChI is InChI=1S/C10H16N4O/c11-7-3-8-1-2-9(4-7)14(8)5-10-12-6-15-13-10/h6-9H,1-5,11H2. The van der Waals surface area contributed by atoms with Crippen molar-refractivity contribution in [2.75, 3.05) is 0 Å². The van der Waals surface area contributed by atoms with E-state index in [1.807, 2.05) is 0 Å². The summed E-state index contributed by atoms with van der Waals surface area (Å²) in [6.07, 6.45) is 6.18. The van der Waals surface area contributed by atoms with Crippen LogP contribution in [-0.2, 0) is 6.54 Å². The fourth-order valence-corrected chi connectivity index (χ4v) is 3.00. The van der Waals surface area contributed by atoms with Gasteiger partial charge in [0.25, 0.3) is 0 Å². The van der Waals surface area contributed by atoms with Gasteiger partial charge in [-0.1, -0.05) is 5.16 Å². The van der Waals surface area contributed by atoms with E-state index in [-0.39, 0.29) is 0 Å². The fourth-order valence-electron chi connectivity index (χ4n) is 3.00. The molecule has 2 atom stereocenters. The van der Waals surface area contributed by atoms with Crippen LogP contribution in [-0.4, -0.2) is 33.2 Å². The second kappa shape index (κ2) is 3.57. The summed E-state index contributed by atoms with van der Waals surface area (Å²) in [5.74, 6) is 0.794. The van der Waals surface area contributed by atoms with E-state index in [0.29, 0.717) is 18.1 Å². The Morgan fingerprint density at radius 2 is 2.13 bits per heavy atom. The van der Waals surface area contributed by atoms with Crippen molar-refractivity contribution < 1.29 is 4.52 Å². The van der Waals surface area contributed by atoms with Gasteiger partial charge in [-0.25, -0.2) is 0 Å². The Kier molecular flexibility index (Phi) is 2.21. The number of hydrogen-bond acceptors (Lipinski definition) is 5. The monoisotopic (exact) mass is 208 g/mol. The lowest BCUT2D eigenvalue weighted by molar-refractivity contribution is 0.115. The van der Waals surface area contributed by atoms with Crippen molar-refractivity contribution in [3.63, 3.8) is 0 Å². The molecule has 0 aromatic carbocycles. The molecule has 2 unspecified atom stereocenters. The fraction of sp³-hybridized carbons (Fsp3) is 0.800. The van der Waals surface area contributed by atoms with Crippen LogP contribution in [0.2, 0.25) is 0 Å². The zero-order valence-electron chi connectivity index (χ0n) is 8.67. The molecule has 0 spiro atoms. The van der Waals surface area contributed by atoms with Gasteiger partial charge in [-0.05, 0) is 25.7 Å². The quantitative estimate of drug-likeness (QED) is 0.767. The highest BCUT2D eigenvalue weighted by atomic mass is 16.5. The Hall–Kier alpha value is -0.940. The third kappa shape index (κ3) is 1.66. The summed E-state index contributed by atoms with van der Waals surface area (Å²) in [4.78, 5) is 6.57. The first-order valence-corrected chi connectivity index (χ1v) is 5.59. The van der Waals surface area contributed by atoms with Crippen LogP contribution in [0.4, 0.5) is 0 Å². The van der Waals surface area contributed by atoms with Gasteiger partial charge in [0.2, 0.25) is 6.39 Å². The number of nitrogens with two attached hydrogens (primary N) is 1. The number of rotatable bonds is 2. The summed E-state index contributed by atoms with van der Waals surface area (Å²) in [6, 6.07) is 1.67. The van der Waals surface area contributed by atoms with Gasteiger partial charge in [-0.3, -0.25) is 4.90 Å². The molecule has 3 heterocycles. The molecule has 0 radical (unpaired) electrons. The van der Waals surface area contributed by atoms with Crippen molar-refractivity contribution >= 4 is 0 Å². The number of aromatic nitrogens is 2. The third-order valence-electron chi connectivity index (χ3n) is 3.65. The highest BCUT2D eigenvalue weighted by molar-refractivity contribution is 4.98. The minimum absolute atomic E-state index is 0.393. The maximum atomic E-state index is 6.01. The minimum Gasteiger partial charge on any atom is -0.343 e. The molecule has 2 saturated heterocycles. The van der Waals surface area contributed by atoms with Crippen LogP contribution < -0.4 is 5.73 Å². The zero-order chi connectivity index (χ0) is 10.3. The Morgan fingerprint density at radius 3 is 2.73 bits per heavy atom. The lowest BCUT2D eigenvalue weighted by Crippen LogP contribution is -2.46. The van der Waals surface area contributed by atoms with E-state index in [1.54, 1.807) is 0 Å². The summed E-state index contributed by atoms with van der Waals surface area (Å²) < 4.78 is 4.76. The molecule has 2 aliphatic rings. The van der Waals surface area contributed by atoms with E-state index < -0.39 is 0 Å². The molecule has 2 N–H and O–H groups in total. The van der Waals surface area contributed by atoms with Gasteiger partial charge in [0.1, 0.15) is 0 Å². The van der Waals surface area contributed by atoms with Crippen LogP contribution in [0.15, 0.2) is 10.9 Å². The van der Waals surface area contributed by atoms with Crippen molar-refractivity contribution in [3.8, 4) is 0 Å². The molecule has 2 fully saturated rings. The van der Waals surface area contributed by atoms with Crippen LogP contribution >= 0.6 is 0 Å². The molecular weight excluding hydrogens is 192 g/mol. The maximum absolute atomic E-state index is 6.01. The lowest BCUT2D eigenvalue weighted by Gasteiger charge is -2.36. The maximum Gasteiger partial charge on any atom is 0.213 e. The molecule has 2 aliphatic heterocycles. The number of fused-ring (bicyclic) bond motifs is 2. The smallest absolute Gasteiger partial charge is 0.213 e. The first-order chi connectivity index (χ1) is 7.33. The Balaban J connectivity index is 1.72. The van der Waals surface area contributed by atoms with Gasteiger partial charge < -0.3 is 10.3 Å². The molecule has 2 bridgehead atoms. The van der Waals surface area contributed by atoms with Crippen LogP contribution in [0.1, 0.15) is 31.5 Å². The van der Waals surface area contributed by atoms with Gasteiger partial charge in [-0.2, -0.15) is 4.98 Å². The normalized spacial score (nSPS) is 35.9. The highest BCUT2D eigenvalue weighted by Crippen LogP contribution is 2.35. The van der Waals surface area contributed by atoms with Gasteiger partial charge in [0, 0.05) is 18.1 Å². The third-order valence-corrected chi connectivity index (χ3v) is 3.65. The van der Waals surface area contributed by atoms with E-state index in [4.69, 9.17) is 10.3 Å². The summed E-state index contributed by atoms with van der Waals surface area (Å²) in [5, 5.41) is 3.87. The Morgan fingerprint density at radius 1 is 1.40 bits per heavy atom. The summed E-state index contributed by atoms with van der Waals surface area (Å²) >= 11 is 0. The molecule has 5 heteroatoms. The average Bonchev–Trinajstić information content (AvgIpc) is 2.77. The van der Waals surface area contributed by atoms with Crippen LogP contribution in [0.3, 0.4) is 0 Å². The van der Waals surface area contributed by atoms with Crippen molar-refractivity contribution in [2.24, 2.45) is 5.73 Å². The summed E-state index contributed by atoms with van der Waals surface area (Å²) in [7, 11) is 0. The number of nitrogens with zero attached hydrogens (tertiary/aromatic N) is 3. The molecular formula is C10H16N4O.